The second-order valence-corrected chi connectivity index (χ2v) is 12.0. The lowest BCUT2D eigenvalue weighted by Crippen LogP contribution is -2.39. The van der Waals surface area contributed by atoms with Gasteiger partial charge in [-0.05, 0) is 36.6 Å². The Balaban J connectivity index is 1.62. The number of unbranched alkanes of at least 4 members (excludes halogenated alkanes) is 5. The van der Waals surface area contributed by atoms with E-state index in [1.54, 1.807) is 13.2 Å². The molecule has 0 spiro atoms. The highest BCUT2D eigenvalue weighted by molar-refractivity contribution is 8.26. The van der Waals surface area contributed by atoms with Gasteiger partial charge in [0, 0.05) is 0 Å². The van der Waals surface area contributed by atoms with Gasteiger partial charge < -0.3 is 9.47 Å². The largest absolute Gasteiger partial charge is 0.493 e. The van der Waals surface area contributed by atoms with Crippen molar-refractivity contribution in [3.8, 4) is 11.5 Å². The van der Waals surface area contributed by atoms with E-state index in [1.165, 1.54) is 42.3 Å². The summed E-state index contributed by atoms with van der Waals surface area (Å²) >= 11 is 6.58. The highest BCUT2D eigenvalue weighted by Gasteiger charge is 2.42. The third-order valence-electron chi connectivity index (χ3n) is 5.64. The highest BCUT2D eigenvalue weighted by Crippen LogP contribution is 2.37. The fraction of sp³-hybridized carbons (Fsp3) is 0.565. The minimum absolute atomic E-state index is 0.0226. The molecule has 0 bridgehead atoms. The smallest absolute Gasteiger partial charge is 0.266 e. The van der Waals surface area contributed by atoms with Crippen LogP contribution in [0.5, 0.6) is 11.5 Å². The minimum Gasteiger partial charge on any atom is -0.493 e. The van der Waals surface area contributed by atoms with Crippen molar-refractivity contribution < 1.29 is 22.7 Å². The van der Waals surface area contributed by atoms with Crippen molar-refractivity contribution in [2.75, 3.05) is 25.2 Å². The number of thioether (sulfide) groups is 1. The average Bonchev–Trinajstić information content (AvgIpc) is 3.25. The highest BCUT2D eigenvalue weighted by atomic mass is 32.2. The predicted molar refractivity (Wildman–Crippen MR) is 134 cm³/mol. The van der Waals surface area contributed by atoms with E-state index in [4.69, 9.17) is 21.7 Å². The van der Waals surface area contributed by atoms with Gasteiger partial charge in [-0.15, -0.1) is 0 Å². The summed E-state index contributed by atoms with van der Waals surface area (Å²) in [6.45, 7) is 2.85. The zero-order chi connectivity index (χ0) is 23.1. The van der Waals surface area contributed by atoms with Gasteiger partial charge in [0.25, 0.3) is 5.91 Å². The van der Waals surface area contributed by atoms with Crippen LogP contribution in [0.4, 0.5) is 0 Å². The molecule has 2 heterocycles. The molecule has 0 N–H and O–H groups in total. The van der Waals surface area contributed by atoms with Crippen molar-refractivity contribution in [3.63, 3.8) is 0 Å². The van der Waals surface area contributed by atoms with Gasteiger partial charge >= 0.3 is 0 Å². The molecule has 2 fully saturated rings. The molecule has 1 aromatic rings. The molecule has 0 saturated carbocycles. The van der Waals surface area contributed by atoms with E-state index < -0.39 is 9.84 Å². The maximum Gasteiger partial charge on any atom is 0.266 e. The lowest BCUT2D eigenvalue weighted by atomic mass is 10.1. The molecule has 32 heavy (non-hydrogen) atoms. The van der Waals surface area contributed by atoms with E-state index in [0.29, 0.717) is 33.8 Å². The van der Waals surface area contributed by atoms with Crippen molar-refractivity contribution in [3.05, 3.63) is 28.7 Å². The van der Waals surface area contributed by atoms with Gasteiger partial charge in [0.1, 0.15) is 4.32 Å². The zero-order valence-electron chi connectivity index (χ0n) is 18.7. The zero-order valence-corrected chi connectivity index (χ0v) is 21.1. The number of hydrogen-bond acceptors (Lipinski definition) is 7. The summed E-state index contributed by atoms with van der Waals surface area (Å²) in [5, 5.41) is 0. The fourth-order valence-corrected chi connectivity index (χ4v) is 6.98. The molecular formula is C23H31NO5S3. The van der Waals surface area contributed by atoms with Crippen LogP contribution in [0.25, 0.3) is 6.08 Å². The molecule has 1 aromatic carbocycles. The Kier molecular flexibility index (Phi) is 9.02. The Morgan fingerprint density at radius 3 is 2.62 bits per heavy atom. The van der Waals surface area contributed by atoms with Gasteiger partial charge in [-0.2, -0.15) is 0 Å². The first-order chi connectivity index (χ1) is 15.3. The molecule has 0 aliphatic carbocycles. The van der Waals surface area contributed by atoms with Gasteiger partial charge in [0.05, 0.1) is 36.2 Å². The number of carbonyl (C=O) groups is 1. The Hall–Kier alpha value is -1.58. The van der Waals surface area contributed by atoms with Gasteiger partial charge in [-0.3, -0.25) is 9.69 Å². The summed E-state index contributed by atoms with van der Waals surface area (Å²) in [5.74, 6) is 1.14. The van der Waals surface area contributed by atoms with Gasteiger partial charge in [0.2, 0.25) is 0 Å². The molecule has 1 amide bonds. The van der Waals surface area contributed by atoms with E-state index in [1.807, 2.05) is 18.2 Å². The maximum absolute atomic E-state index is 12.9. The van der Waals surface area contributed by atoms with Crippen LogP contribution in [-0.2, 0) is 14.6 Å². The SMILES string of the molecule is CCCCCCCCOc1ccc(C=C2SC(=S)N(C3CCS(=O)(=O)C3)C2=O)cc1OC. The molecule has 9 heteroatoms. The number of rotatable bonds is 11. The van der Waals surface area contributed by atoms with E-state index >= 15 is 0 Å². The van der Waals surface area contributed by atoms with Crippen molar-refractivity contribution in [2.45, 2.75) is 57.9 Å². The lowest BCUT2D eigenvalue weighted by molar-refractivity contribution is -0.123. The standard InChI is InChI=1S/C23H31NO5S3/c1-3-4-5-6-7-8-12-29-19-10-9-17(14-20(19)28-2)15-21-22(25)24(23(30)31-21)18-11-13-32(26,27)16-18/h9-10,14-15,18H,3-8,11-13,16H2,1-2H3. The topological polar surface area (TPSA) is 72.9 Å². The average molecular weight is 498 g/mol. The van der Waals surface area contributed by atoms with E-state index in [-0.39, 0.29) is 23.5 Å². The first-order valence-corrected chi connectivity index (χ1v) is 14.2. The van der Waals surface area contributed by atoms with E-state index in [0.717, 1.165) is 18.4 Å². The molecule has 0 radical (unpaired) electrons. The van der Waals surface area contributed by atoms with Crippen LogP contribution >= 0.6 is 24.0 Å². The minimum atomic E-state index is -3.10. The van der Waals surface area contributed by atoms with Crippen LogP contribution in [0.2, 0.25) is 0 Å². The van der Waals surface area contributed by atoms with Crippen molar-refractivity contribution >= 4 is 50.1 Å². The molecule has 2 aliphatic rings. The Morgan fingerprint density at radius 1 is 1.19 bits per heavy atom. The Morgan fingerprint density at radius 2 is 1.94 bits per heavy atom. The normalized spacial score (nSPS) is 21.5. The number of amides is 1. The molecule has 3 rings (SSSR count). The Labute approximate surface area is 200 Å². The third kappa shape index (κ3) is 6.48. The van der Waals surface area contributed by atoms with Crippen LogP contribution < -0.4 is 9.47 Å². The van der Waals surface area contributed by atoms with E-state index in [2.05, 4.69) is 6.92 Å². The van der Waals surface area contributed by atoms with Crippen LogP contribution in [0, 0.1) is 0 Å². The first-order valence-electron chi connectivity index (χ1n) is 11.1. The van der Waals surface area contributed by atoms with Gasteiger partial charge in [-0.25, -0.2) is 8.42 Å². The molecule has 176 valence electrons. The summed E-state index contributed by atoms with van der Waals surface area (Å²) < 4.78 is 35.4. The quantitative estimate of drug-likeness (QED) is 0.246. The number of nitrogens with zero attached hydrogens (tertiary/aromatic N) is 1. The van der Waals surface area contributed by atoms with Crippen molar-refractivity contribution in [1.82, 2.24) is 4.90 Å². The number of benzene rings is 1. The summed E-state index contributed by atoms with van der Waals surface area (Å²) in [5.41, 5.74) is 0.799. The molecule has 1 atom stereocenters. The predicted octanol–water partition coefficient (Wildman–Crippen LogP) is 4.82. The van der Waals surface area contributed by atoms with Crippen LogP contribution in [0.3, 0.4) is 0 Å². The summed E-state index contributed by atoms with van der Waals surface area (Å²) in [4.78, 5) is 14.9. The van der Waals surface area contributed by atoms with Crippen LogP contribution in [-0.4, -0.2) is 54.8 Å². The first kappa shape index (κ1) is 25.1. The summed E-state index contributed by atoms with van der Waals surface area (Å²) in [6, 6.07) is 5.20. The molecular weight excluding hydrogens is 466 g/mol. The summed E-state index contributed by atoms with van der Waals surface area (Å²) in [7, 11) is -1.50. The molecule has 2 saturated heterocycles. The van der Waals surface area contributed by atoms with Crippen LogP contribution in [0.1, 0.15) is 57.4 Å². The molecule has 2 aliphatic heterocycles. The van der Waals surface area contributed by atoms with Crippen molar-refractivity contribution in [1.29, 1.82) is 0 Å². The second-order valence-electron chi connectivity index (χ2n) is 8.14. The molecule has 1 unspecified atom stereocenters. The molecule has 0 aromatic heterocycles. The molecule has 6 nitrogen and oxygen atoms in total. The van der Waals surface area contributed by atoms with Crippen molar-refractivity contribution in [2.24, 2.45) is 0 Å². The third-order valence-corrected chi connectivity index (χ3v) is 8.72. The number of ether oxygens (including phenoxy) is 2. The number of sulfone groups is 1. The maximum atomic E-state index is 12.9. The number of hydrogen-bond donors (Lipinski definition) is 0. The van der Waals surface area contributed by atoms with Gasteiger partial charge in [-0.1, -0.05) is 69.1 Å². The monoisotopic (exact) mass is 497 g/mol. The van der Waals surface area contributed by atoms with E-state index in [9.17, 15) is 13.2 Å². The summed E-state index contributed by atoms with van der Waals surface area (Å²) in [6.07, 6.45) is 9.40. The van der Waals surface area contributed by atoms with Gasteiger partial charge in [0.15, 0.2) is 21.3 Å². The Bertz CT molecular complexity index is 974. The lowest BCUT2D eigenvalue weighted by Gasteiger charge is -2.20. The number of methoxy groups -OCH3 is 1. The fourth-order valence-electron chi connectivity index (χ4n) is 3.88. The number of carbonyl (C=O) groups excluding carboxylic acids is 1. The van der Waals surface area contributed by atoms with Crippen LogP contribution in [0.15, 0.2) is 23.1 Å². The second kappa shape index (κ2) is 11.5. The number of thiocarbonyl (C=S) groups is 1.